The van der Waals surface area contributed by atoms with Crippen molar-refractivity contribution in [2.24, 2.45) is 11.7 Å². The molecule has 0 radical (unpaired) electrons. The van der Waals surface area contributed by atoms with Gasteiger partial charge in [-0.2, -0.15) is 0 Å². The lowest BCUT2D eigenvalue weighted by Crippen LogP contribution is -2.50. The SMILES string of the molecule is CC(=O)OC(C)C=CC(=O)NC1CC(C)C(CC=C(C)C=CC2OC(CC(=O)NCCCCCN)CC3(CO3)C2O)OC1C. The minimum absolute atomic E-state index is 0.00103. The Morgan fingerprint density at radius 1 is 1.14 bits per heavy atom. The zero-order valence-electron chi connectivity index (χ0n) is 27.0. The molecule has 3 rings (SSSR count). The Kier molecular flexibility index (Phi) is 14.0. The van der Waals surface area contributed by atoms with Gasteiger partial charge in [-0.1, -0.05) is 37.1 Å². The predicted molar refractivity (Wildman–Crippen MR) is 166 cm³/mol. The van der Waals surface area contributed by atoms with E-state index in [4.69, 9.17) is 24.7 Å². The number of nitrogens with one attached hydrogen (secondary N) is 2. The van der Waals surface area contributed by atoms with E-state index < -0.39 is 29.9 Å². The first-order valence-corrected chi connectivity index (χ1v) is 16.0. The molecule has 11 heteroatoms. The quantitative estimate of drug-likeness (QED) is 0.0710. The molecule has 1 spiro atoms. The van der Waals surface area contributed by atoms with Crippen molar-refractivity contribution < 1.29 is 38.4 Å². The predicted octanol–water partition coefficient (Wildman–Crippen LogP) is 2.61. The Morgan fingerprint density at radius 2 is 1.89 bits per heavy atom. The number of amides is 2. The van der Waals surface area contributed by atoms with Gasteiger partial charge in [0.1, 0.15) is 23.9 Å². The van der Waals surface area contributed by atoms with Crippen LogP contribution in [0.25, 0.3) is 0 Å². The normalized spacial score (nSPS) is 33.0. The number of aliphatic hydroxyl groups is 1. The van der Waals surface area contributed by atoms with Gasteiger partial charge < -0.3 is 40.4 Å². The van der Waals surface area contributed by atoms with Crippen molar-refractivity contribution >= 4 is 17.8 Å². The summed E-state index contributed by atoms with van der Waals surface area (Å²) in [6.07, 6.45) is 11.6. The zero-order valence-corrected chi connectivity index (χ0v) is 27.0. The van der Waals surface area contributed by atoms with Crippen molar-refractivity contribution in [3.8, 4) is 0 Å². The maximum absolute atomic E-state index is 12.5. The number of unbranched alkanes of at least 4 members (excludes halogenated alkanes) is 2. The highest BCUT2D eigenvalue weighted by Crippen LogP contribution is 2.43. The summed E-state index contributed by atoms with van der Waals surface area (Å²) in [7, 11) is 0. The van der Waals surface area contributed by atoms with Crippen LogP contribution in [0.4, 0.5) is 0 Å². The molecule has 3 aliphatic rings. The number of rotatable bonds is 15. The van der Waals surface area contributed by atoms with Crippen molar-refractivity contribution in [2.75, 3.05) is 19.7 Å². The number of hydrogen-bond donors (Lipinski definition) is 4. The number of ether oxygens (including phenoxy) is 4. The molecule has 0 aromatic heterocycles. The van der Waals surface area contributed by atoms with Gasteiger partial charge in [-0.3, -0.25) is 14.4 Å². The van der Waals surface area contributed by atoms with E-state index >= 15 is 0 Å². The first-order valence-electron chi connectivity index (χ1n) is 16.0. The maximum atomic E-state index is 12.5. The second-order valence-electron chi connectivity index (χ2n) is 12.6. The number of aliphatic hydroxyl groups excluding tert-OH is 1. The Labute approximate surface area is 262 Å². The van der Waals surface area contributed by atoms with Crippen molar-refractivity contribution in [2.45, 2.75) is 128 Å². The summed E-state index contributed by atoms with van der Waals surface area (Å²) in [5.74, 6) is -0.483. The van der Waals surface area contributed by atoms with Crippen LogP contribution in [0.2, 0.25) is 0 Å². The Hall–Kier alpha value is -2.57. The van der Waals surface area contributed by atoms with Gasteiger partial charge in [-0.05, 0) is 65.0 Å². The van der Waals surface area contributed by atoms with Crippen LogP contribution in [0, 0.1) is 5.92 Å². The van der Waals surface area contributed by atoms with Crippen molar-refractivity contribution in [1.82, 2.24) is 10.6 Å². The van der Waals surface area contributed by atoms with Gasteiger partial charge in [0, 0.05) is 26.0 Å². The lowest BCUT2D eigenvalue weighted by molar-refractivity contribution is -0.145. The smallest absolute Gasteiger partial charge is 0.303 e. The van der Waals surface area contributed by atoms with E-state index in [9.17, 15) is 19.5 Å². The van der Waals surface area contributed by atoms with E-state index in [1.807, 2.05) is 26.0 Å². The molecule has 5 N–H and O–H groups in total. The van der Waals surface area contributed by atoms with Crippen LogP contribution in [0.15, 0.2) is 36.0 Å². The minimum atomic E-state index is -0.795. The van der Waals surface area contributed by atoms with Crippen LogP contribution < -0.4 is 16.4 Å². The number of esters is 1. The van der Waals surface area contributed by atoms with Crippen LogP contribution in [0.5, 0.6) is 0 Å². The molecule has 0 aromatic carbocycles. The highest BCUT2D eigenvalue weighted by atomic mass is 16.6. The third-order valence-corrected chi connectivity index (χ3v) is 8.54. The molecule has 3 fully saturated rings. The molecule has 3 heterocycles. The Bertz CT molecular complexity index is 1060. The lowest BCUT2D eigenvalue weighted by Gasteiger charge is -2.39. The summed E-state index contributed by atoms with van der Waals surface area (Å²) >= 11 is 0. The van der Waals surface area contributed by atoms with Gasteiger partial charge in [0.25, 0.3) is 0 Å². The lowest BCUT2D eigenvalue weighted by atomic mass is 9.87. The number of epoxide rings is 1. The molecule has 0 aromatic rings. The fraction of sp³-hybridized carbons (Fsp3) is 0.727. The summed E-state index contributed by atoms with van der Waals surface area (Å²) in [5.41, 5.74) is 5.89. The molecule has 2 amide bonds. The van der Waals surface area contributed by atoms with Crippen molar-refractivity contribution in [3.63, 3.8) is 0 Å². The number of allylic oxidation sites excluding steroid dienone is 2. The van der Waals surface area contributed by atoms with E-state index in [2.05, 4.69) is 23.6 Å². The second kappa shape index (κ2) is 17.2. The summed E-state index contributed by atoms with van der Waals surface area (Å²) < 4.78 is 23.1. The Balaban J connectivity index is 1.47. The topological polar surface area (TPSA) is 162 Å². The molecular formula is C33H53N3O8. The first kappa shape index (κ1) is 35.9. The first-order chi connectivity index (χ1) is 20.9. The third-order valence-electron chi connectivity index (χ3n) is 8.54. The largest absolute Gasteiger partial charge is 0.459 e. The number of carbonyl (C=O) groups is 3. The third kappa shape index (κ3) is 11.4. The van der Waals surface area contributed by atoms with E-state index in [1.54, 1.807) is 13.0 Å². The van der Waals surface area contributed by atoms with Crippen molar-refractivity contribution in [1.29, 1.82) is 0 Å². The molecule has 9 atom stereocenters. The molecule has 0 aliphatic carbocycles. The molecule has 3 aliphatic heterocycles. The van der Waals surface area contributed by atoms with Crippen molar-refractivity contribution in [3.05, 3.63) is 36.0 Å². The summed E-state index contributed by atoms with van der Waals surface area (Å²) in [4.78, 5) is 35.9. The van der Waals surface area contributed by atoms with Crippen LogP contribution in [-0.4, -0.2) is 90.9 Å². The fourth-order valence-corrected chi connectivity index (χ4v) is 5.84. The number of nitrogens with two attached hydrogens (primary N) is 1. The van der Waals surface area contributed by atoms with Gasteiger partial charge in [-0.25, -0.2) is 0 Å². The summed E-state index contributed by atoms with van der Waals surface area (Å²) in [5, 5.41) is 16.9. The van der Waals surface area contributed by atoms with Gasteiger partial charge in [0.15, 0.2) is 0 Å². The molecule has 0 saturated carbocycles. The molecule has 44 heavy (non-hydrogen) atoms. The average molecular weight is 620 g/mol. The van der Waals surface area contributed by atoms with Gasteiger partial charge >= 0.3 is 5.97 Å². The monoisotopic (exact) mass is 619 g/mol. The summed E-state index contributed by atoms with van der Waals surface area (Å²) in [6, 6.07) is -0.125. The van der Waals surface area contributed by atoms with E-state index in [-0.39, 0.29) is 48.5 Å². The maximum Gasteiger partial charge on any atom is 0.303 e. The van der Waals surface area contributed by atoms with E-state index in [0.29, 0.717) is 32.5 Å². The molecule has 248 valence electrons. The van der Waals surface area contributed by atoms with E-state index in [1.165, 1.54) is 13.0 Å². The van der Waals surface area contributed by atoms with Crippen LogP contribution in [-0.2, 0) is 33.3 Å². The van der Waals surface area contributed by atoms with E-state index in [0.717, 1.165) is 31.3 Å². The minimum Gasteiger partial charge on any atom is -0.459 e. The van der Waals surface area contributed by atoms with Crippen LogP contribution in [0.1, 0.15) is 79.6 Å². The Morgan fingerprint density at radius 3 is 2.57 bits per heavy atom. The molecule has 11 nitrogen and oxygen atoms in total. The average Bonchev–Trinajstić information content (AvgIpc) is 3.73. The fourth-order valence-electron chi connectivity index (χ4n) is 5.84. The zero-order chi connectivity index (χ0) is 32.3. The second-order valence-corrected chi connectivity index (χ2v) is 12.6. The molecule has 0 bridgehead atoms. The molecule has 9 unspecified atom stereocenters. The van der Waals surface area contributed by atoms with Crippen LogP contribution >= 0.6 is 0 Å². The van der Waals surface area contributed by atoms with Gasteiger partial charge in [0.2, 0.25) is 11.8 Å². The van der Waals surface area contributed by atoms with Gasteiger partial charge in [-0.15, -0.1) is 0 Å². The molecular weight excluding hydrogens is 566 g/mol. The summed E-state index contributed by atoms with van der Waals surface area (Å²) in [6.45, 7) is 10.8. The number of hydrogen-bond acceptors (Lipinski definition) is 9. The highest BCUT2D eigenvalue weighted by Gasteiger charge is 2.58. The highest BCUT2D eigenvalue weighted by molar-refractivity contribution is 5.87. The molecule has 3 saturated heterocycles. The van der Waals surface area contributed by atoms with Gasteiger partial charge in [0.05, 0.1) is 37.4 Å². The standard InChI is InChI=1S/C33H53N3O8/c1-21(9-12-28-22(2)17-27(24(4)43-28)36-30(38)14-11-23(3)42-25(5)37)10-13-29-32(40)33(20-41-33)19-26(44-29)18-31(39)35-16-8-6-7-15-34/h9-11,13-14,22-24,26-29,32,40H,6-8,12,15-20,34H2,1-5H3,(H,35,39)(H,36,38). The number of carbonyl (C=O) groups excluding carboxylic acids is 3. The van der Waals surface area contributed by atoms with Crippen LogP contribution in [0.3, 0.4) is 0 Å².